The summed E-state index contributed by atoms with van der Waals surface area (Å²) in [5.74, 6) is -1.79. The highest BCUT2D eigenvalue weighted by molar-refractivity contribution is 5.97. The zero-order valence-electron chi connectivity index (χ0n) is 18.8. The minimum Gasteiger partial charge on any atom is -0.423 e. The summed E-state index contributed by atoms with van der Waals surface area (Å²) in [6.45, 7) is 2.09. The molecule has 0 saturated carbocycles. The van der Waals surface area contributed by atoms with Crippen LogP contribution in [0.2, 0.25) is 0 Å². The highest BCUT2D eigenvalue weighted by Crippen LogP contribution is 2.30. The summed E-state index contributed by atoms with van der Waals surface area (Å²) in [6.07, 6.45) is 1.62. The summed E-state index contributed by atoms with van der Waals surface area (Å²) in [4.78, 5) is 58.2. The van der Waals surface area contributed by atoms with Crippen LogP contribution in [0.1, 0.15) is 39.1 Å². The Bertz CT molecular complexity index is 1420. The van der Waals surface area contributed by atoms with E-state index in [9.17, 15) is 34.6 Å². The van der Waals surface area contributed by atoms with Crippen molar-refractivity contribution in [1.29, 1.82) is 0 Å². The summed E-state index contributed by atoms with van der Waals surface area (Å²) in [7, 11) is 0. The predicted molar refractivity (Wildman–Crippen MR) is 123 cm³/mol. The third-order valence-electron chi connectivity index (χ3n) is 5.66. The molecule has 1 unspecified atom stereocenters. The third-order valence-corrected chi connectivity index (χ3v) is 5.66. The maximum absolute atomic E-state index is 12.6. The van der Waals surface area contributed by atoms with Gasteiger partial charge >= 0.3 is 11.6 Å². The van der Waals surface area contributed by atoms with Gasteiger partial charge in [-0.05, 0) is 38.0 Å². The number of benzene rings is 2. The fourth-order valence-electron chi connectivity index (χ4n) is 3.77. The first-order valence-electron chi connectivity index (χ1n) is 10.8. The number of rotatable bonds is 7. The van der Waals surface area contributed by atoms with E-state index in [2.05, 4.69) is 5.32 Å². The first-order chi connectivity index (χ1) is 17.1. The Morgan fingerprint density at radius 3 is 2.42 bits per heavy atom. The fraction of sp³-hybridized carbons (Fsp3) is 0.261. The SMILES string of the molecule is Cc1c([N+](=O)[O-])cc(C(=O)Oc2ccc3cc(C(=O)NCC4CCCO4)c(=O)oc3c2)cc1[N+](=O)[O-]. The van der Waals surface area contributed by atoms with E-state index in [1.54, 1.807) is 0 Å². The van der Waals surface area contributed by atoms with Crippen LogP contribution in [-0.2, 0) is 4.74 Å². The van der Waals surface area contributed by atoms with Gasteiger partial charge in [0.05, 0.1) is 21.5 Å². The van der Waals surface area contributed by atoms with Crippen molar-refractivity contribution in [2.75, 3.05) is 13.2 Å². The monoisotopic (exact) mass is 497 g/mol. The number of amides is 1. The van der Waals surface area contributed by atoms with Gasteiger partial charge in [0.2, 0.25) is 0 Å². The molecule has 3 aromatic rings. The van der Waals surface area contributed by atoms with Crippen molar-refractivity contribution in [2.24, 2.45) is 0 Å². The Labute approximate surface area is 201 Å². The number of hydrogen-bond acceptors (Lipinski definition) is 10. The highest BCUT2D eigenvalue weighted by Gasteiger charge is 2.26. The minimum absolute atomic E-state index is 0.0156. The van der Waals surface area contributed by atoms with Crippen LogP contribution >= 0.6 is 0 Å². The summed E-state index contributed by atoms with van der Waals surface area (Å²) in [5, 5.41) is 25.5. The molecule has 1 saturated heterocycles. The van der Waals surface area contributed by atoms with Gasteiger partial charge in [-0.1, -0.05) is 0 Å². The zero-order chi connectivity index (χ0) is 26.0. The molecular weight excluding hydrogens is 478 g/mol. The fourth-order valence-corrected chi connectivity index (χ4v) is 3.77. The lowest BCUT2D eigenvalue weighted by molar-refractivity contribution is -0.395. The van der Waals surface area contributed by atoms with Crippen molar-refractivity contribution < 1.29 is 33.3 Å². The first-order valence-corrected chi connectivity index (χ1v) is 10.8. The Hall–Kier alpha value is -4.65. The zero-order valence-corrected chi connectivity index (χ0v) is 18.8. The molecule has 0 bridgehead atoms. The van der Waals surface area contributed by atoms with E-state index >= 15 is 0 Å². The van der Waals surface area contributed by atoms with Gasteiger partial charge in [-0.25, -0.2) is 9.59 Å². The Morgan fingerprint density at radius 2 is 1.81 bits per heavy atom. The van der Waals surface area contributed by atoms with Crippen molar-refractivity contribution in [3.8, 4) is 5.75 Å². The average Bonchev–Trinajstić information content (AvgIpc) is 3.35. The van der Waals surface area contributed by atoms with E-state index in [1.807, 2.05) is 0 Å². The molecule has 1 aliphatic heterocycles. The van der Waals surface area contributed by atoms with Crippen molar-refractivity contribution in [3.63, 3.8) is 0 Å². The molecule has 2 heterocycles. The highest BCUT2D eigenvalue weighted by atomic mass is 16.6. The molecule has 2 aromatic carbocycles. The first kappa shape index (κ1) is 24.5. The number of carbonyl (C=O) groups is 2. The standard InChI is InChI=1S/C23H19N3O10/c1-12-18(25(30)31)8-14(9-19(12)26(32)33)22(28)35-15-5-4-13-7-17(23(29)36-20(13)10-15)21(27)24-11-16-3-2-6-34-16/h4-5,7-10,16H,2-3,6,11H2,1H3,(H,24,27). The molecule has 13 nitrogen and oxygen atoms in total. The Morgan fingerprint density at radius 1 is 1.11 bits per heavy atom. The van der Waals surface area contributed by atoms with Gasteiger partial charge in [-0.15, -0.1) is 0 Å². The number of ether oxygens (including phenoxy) is 2. The molecule has 1 atom stereocenters. The molecule has 1 amide bonds. The van der Waals surface area contributed by atoms with Crippen LogP contribution in [0.25, 0.3) is 11.0 Å². The lowest BCUT2D eigenvalue weighted by Gasteiger charge is -2.10. The number of fused-ring (bicyclic) bond motifs is 1. The second kappa shape index (κ2) is 9.92. The van der Waals surface area contributed by atoms with Crippen LogP contribution in [0.5, 0.6) is 5.75 Å². The molecule has 1 aliphatic rings. The van der Waals surface area contributed by atoms with E-state index in [1.165, 1.54) is 31.2 Å². The van der Waals surface area contributed by atoms with Crippen molar-refractivity contribution in [1.82, 2.24) is 5.32 Å². The minimum atomic E-state index is -1.09. The van der Waals surface area contributed by atoms with Crippen molar-refractivity contribution in [3.05, 3.63) is 83.7 Å². The summed E-state index contributed by atoms with van der Waals surface area (Å²) in [6, 6.07) is 7.12. The van der Waals surface area contributed by atoms with Crippen LogP contribution in [0, 0.1) is 27.2 Å². The number of nitrogens with one attached hydrogen (secondary N) is 1. The summed E-state index contributed by atoms with van der Waals surface area (Å²) >= 11 is 0. The number of nitro benzene ring substituents is 2. The number of esters is 1. The maximum atomic E-state index is 12.6. The molecule has 0 radical (unpaired) electrons. The second-order valence-corrected chi connectivity index (χ2v) is 8.04. The lowest BCUT2D eigenvalue weighted by atomic mass is 10.1. The van der Waals surface area contributed by atoms with Crippen molar-refractivity contribution >= 4 is 34.2 Å². The van der Waals surface area contributed by atoms with Gasteiger partial charge < -0.3 is 19.2 Å². The molecule has 1 aromatic heterocycles. The van der Waals surface area contributed by atoms with Crippen LogP contribution in [-0.4, -0.2) is 41.0 Å². The molecule has 1 N–H and O–H groups in total. The van der Waals surface area contributed by atoms with Gasteiger partial charge in [0.15, 0.2) is 0 Å². The molecule has 0 aliphatic carbocycles. The number of carbonyl (C=O) groups excluding carboxylic acids is 2. The topological polar surface area (TPSA) is 181 Å². The van der Waals surface area contributed by atoms with E-state index in [0.29, 0.717) is 12.0 Å². The van der Waals surface area contributed by atoms with Crippen LogP contribution in [0.4, 0.5) is 11.4 Å². The lowest BCUT2D eigenvalue weighted by Crippen LogP contribution is -2.34. The van der Waals surface area contributed by atoms with Gasteiger partial charge in [-0.3, -0.25) is 25.0 Å². The maximum Gasteiger partial charge on any atom is 0.349 e. The van der Waals surface area contributed by atoms with E-state index in [-0.39, 0.29) is 35.1 Å². The molecule has 0 spiro atoms. The third kappa shape index (κ3) is 5.05. The number of nitrogens with zero attached hydrogens (tertiary/aromatic N) is 2. The van der Waals surface area contributed by atoms with Gasteiger partial charge in [-0.2, -0.15) is 0 Å². The molecule has 186 valence electrons. The summed E-state index contributed by atoms with van der Waals surface area (Å²) < 4.78 is 15.8. The molecule has 1 fully saturated rings. The normalized spacial score (nSPS) is 15.0. The van der Waals surface area contributed by atoms with E-state index < -0.39 is 44.3 Å². The van der Waals surface area contributed by atoms with Gasteiger partial charge in [0.25, 0.3) is 17.3 Å². The Kier molecular flexibility index (Phi) is 6.74. The quantitative estimate of drug-likeness (QED) is 0.167. The van der Waals surface area contributed by atoms with Crippen LogP contribution in [0.3, 0.4) is 0 Å². The second-order valence-electron chi connectivity index (χ2n) is 8.04. The van der Waals surface area contributed by atoms with Crippen molar-refractivity contribution in [2.45, 2.75) is 25.9 Å². The number of nitro groups is 2. The largest absolute Gasteiger partial charge is 0.423 e. The predicted octanol–water partition coefficient (Wildman–Crippen LogP) is 3.05. The van der Waals surface area contributed by atoms with Gasteiger partial charge in [0, 0.05) is 36.7 Å². The van der Waals surface area contributed by atoms with Crippen LogP contribution in [0.15, 0.2) is 45.6 Å². The van der Waals surface area contributed by atoms with E-state index in [4.69, 9.17) is 13.9 Å². The Balaban J connectivity index is 1.56. The summed E-state index contributed by atoms with van der Waals surface area (Å²) in [5.41, 5.74) is -2.91. The number of hydrogen-bond donors (Lipinski definition) is 1. The molecule has 36 heavy (non-hydrogen) atoms. The molecule has 13 heteroatoms. The smallest absolute Gasteiger partial charge is 0.349 e. The van der Waals surface area contributed by atoms with Gasteiger partial charge in [0.1, 0.15) is 22.5 Å². The molecule has 4 rings (SSSR count). The average molecular weight is 497 g/mol. The van der Waals surface area contributed by atoms with E-state index in [0.717, 1.165) is 25.0 Å². The molecular formula is C23H19N3O10. The van der Waals surface area contributed by atoms with Crippen LogP contribution < -0.4 is 15.7 Å².